The number of esters is 2. The van der Waals surface area contributed by atoms with Crippen molar-refractivity contribution in [3.8, 4) is 12.1 Å². The van der Waals surface area contributed by atoms with Crippen molar-refractivity contribution < 1.29 is 24.2 Å². The number of rotatable bonds is 4. The van der Waals surface area contributed by atoms with E-state index in [1.807, 2.05) is 0 Å². The first-order chi connectivity index (χ1) is 15.4. The summed E-state index contributed by atoms with van der Waals surface area (Å²) in [6, 6.07) is 18.8. The highest BCUT2D eigenvalue weighted by Gasteiger charge is 2.61. The zero-order chi connectivity index (χ0) is 23.5. The highest BCUT2D eigenvalue weighted by molar-refractivity contribution is 6.30. The average molecular weight is 451 g/mol. The van der Waals surface area contributed by atoms with Crippen LogP contribution in [0.5, 0.6) is 0 Å². The van der Waals surface area contributed by atoms with Gasteiger partial charge < -0.3 is 14.6 Å². The molecular formula is C24H19ClN2O5. The predicted octanol–water partition coefficient (Wildman–Crippen LogP) is 4.03. The van der Waals surface area contributed by atoms with Gasteiger partial charge in [-0.2, -0.15) is 10.5 Å². The third-order valence-electron chi connectivity index (χ3n) is 5.73. The summed E-state index contributed by atoms with van der Waals surface area (Å²) in [5.74, 6) is -6.30. The summed E-state index contributed by atoms with van der Waals surface area (Å²) in [4.78, 5) is 25.6. The number of ether oxygens (including phenoxy) is 2. The largest absolute Gasteiger partial charge is 0.511 e. The second-order valence-electron chi connectivity index (χ2n) is 7.26. The van der Waals surface area contributed by atoms with Gasteiger partial charge in [-0.1, -0.05) is 54.1 Å². The molecule has 2 aromatic rings. The third kappa shape index (κ3) is 3.57. The monoisotopic (exact) mass is 450 g/mol. The van der Waals surface area contributed by atoms with Crippen molar-refractivity contribution in [1.82, 2.24) is 0 Å². The van der Waals surface area contributed by atoms with Gasteiger partial charge in [-0.25, -0.2) is 4.79 Å². The summed E-state index contributed by atoms with van der Waals surface area (Å²) < 4.78 is 9.76. The molecule has 8 heteroatoms. The Labute approximate surface area is 190 Å². The second kappa shape index (κ2) is 9.13. The minimum Gasteiger partial charge on any atom is -0.511 e. The zero-order valence-electron chi connectivity index (χ0n) is 17.3. The topological polar surface area (TPSA) is 120 Å². The Hall–Kier alpha value is -3.81. The van der Waals surface area contributed by atoms with Crippen LogP contribution in [0.2, 0.25) is 5.02 Å². The van der Waals surface area contributed by atoms with Crippen LogP contribution in [0.1, 0.15) is 23.0 Å². The molecular weight excluding hydrogens is 432 g/mol. The van der Waals surface area contributed by atoms with Crippen LogP contribution in [0, 0.1) is 34.0 Å². The Morgan fingerprint density at radius 1 is 0.969 bits per heavy atom. The summed E-state index contributed by atoms with van der Waals surface area (Å²) in [6.45, 7) is 0. The molecule has 0 saturated heterocycles. The smallest absolute Gasteiger partial charge is 0.337 e. The Morgan fingerprint density at radius 2 is 1.56 bits per heavy atom. The summed E-state index contributed by atoms with van der Waals surface area (Å²) >= 11 is 6.01. The van der Waals surface area contributed by atoms with Gasteiger partial charge in [0.2, 0.25) is 0 Å². The number of halogens is 1. The van der Waals surface area contributed by atoms with Crippen LogP contribution < -0.4 is 0 Å². The van der Waals surface area contributed by atoms with E-state index < -0.39 is 40.9 Å². The normalized spacial score (nSPS) is 21.7. The molecule has 3 atom stereocenters. The summed E-state index contributed by atoms with van der Waals surface area (Å²) in [7, 11) is 2.24. The van der Waals surface area contributed by atoms with Gasteiger partial charge >= 0.3 is 11.9 Å². The van der Waals surface area contributed by atoms with Crippen molar-refractivity contribution >= 4 is 23.5 Å². The zero-order valence-corrected chi connectivity index (χ0v) is 18.0. The number of carbonyl (C=O) groups is 2. The van der Waals surface area contributed by atoms with E-state index in [0.29, 0.717) is 16.1 Å². The molecule has 162 valence electrons. The van der Waals surface area contributed by atoms with Gasteiger partial charge in [0.05, 0.1) is 37.8 Å². The number of nitriles is 2. The molecule has 1 N–H and O–H groups in total. The molecule has 1 aliphatic rings. The van der Waals surface area contributed by atoms with Crippen LogP contribution in [0.4, 0.5) is 0 Å². The fraction of sp³-hybridized carbons (Fsp3) is 0.250. The van der Waals surface area contributed by atoms with Crippen LogP contribution in [0.25, 0.3) is 0 Å². The lowest BCUT2D eigenvalue weighted by Gasteiger charge is -2.44. The van der Waals surface area contributed by atoms with E-state index in [0.717, 1.165) is 14.2 Å². The number of aliphatic hydroxyl groups excluding tert-OH is 1. The summed E-state index contributed by atoms with van der Waals surface area (Å²) in [5.41, 5.74) is -1.46. The number of hydrogen-bond acceptors (Lipinski definition) is 7. The van der Waals surface area contributed by atoms with E-state index in [2.05, 4.69) is 12.1 Å². The maximum absolute atomic E-state index is 12.8. The van der Waals surface area contributed by atoms with Crippen LogP contribution in [0.3, 0.4) is 0 Å². The first kappa shape index (κ1) is 22.9. The molecule has 0 aromatic heterocycles. The number of aliphatic hydroxyl groups is 1. The van der Waals surface area contributed by atoms with Crippen molar-refractivity contribution in [3.63, 3.8) is 0 Å². The van der Waals surface area contributed by atoms with Crippen molar-refractivity contribution in [2.45, 2.75) is 11.8 Å². The van der Waals surface area contributed by atoms with Crippen LogP contribution in [0.15, 0.2) is 65.9 Å². The number of nitrogens with zero attached hydrogens (tertiary/aromatic N) is 2. The molecule has 7 nitrogen and oxygen atoms in total. The van der Waals surface area contributed by atoms with Crippen molar-refractivity contribution in [3.05, 3.63) is 82.1 Å². The lowest BCUT2D eigenvalue weighted by molar-refractivity contribution is -0.147. The van der Waals surface area contributed by atoms with Gasteiger partial charge in [0, 0.05) is 10.9 Å². The van der Waals surface area contributed by atoms with Crippen LogP contribution >= 0.6 is 11.6 Å². The fourth-order valence-electron chi connectivity index (χ4n) is 4.34. The Kier molecular flexibility index (Phi) is 6.53. The van der Waals surface area contributed by atoms with Gasteiger partial charge in [-0.3, -0.25) is 4.79 Å². The Morgan fingerprint density at radius 3 is 2.06 bits per heavy atom. The minimum atomic E-state index is -1.97. The molecule has 0 amide bonds. The first-order valence-corrected chi connectivity index (χ1v) is 9.96. The minimum absolute atomic E-state index is 0.331. The maximum atomic E-state index is 12.8. The number of carbonyl (C=O) groups excluding carboxylic acids is 2. The molecule has 0 radical (unpaired) electrons. The molecule has 0 aliphatic heterocycles. The van der Waals surface area contributed by atoms with E-state index in [9.17, 15) is 25.2 Å². The highest BCUT2D eigenvalue weighted by Crippen LogP contribution is 2.58. The van der Waals surface area contributed by atoms with E-state index in [4.69, 9.17) is 21.1 Å². The summed E-state index contributed by atoms with van der Waals surface area (Å²) in [6.07, 6.45) is 0. The van der Waals surface area contributed by atoms with Gasteiger partial charge in [-0.05, 0) is 23.3 Å². The lowest BCUT2D eigenvalue weighted by atomic mass is 9.54. The molecule has 0 fully saturated rings. The van der Waals surface area contributed by atoms with E-state index in [-0.39, 0.29) is 5.57 Å². The van der Waals surface area contributed by atoms with Crippen molar-refractivity contribution in [2.24, 2.45) is 11.3 Å². The van der Waals surface area contributed by atoms with Crippen LogP contribution in [-0.2, 0) is 19.1 Å². The average Bonchev–Trinajstić information content (AvgIpc) is 2.83. The molecule has 1 aliphatic carbocycles. The molecule has 0 heterocycles. The first-order valence-electron chi connectivity index (χ1n) is 9.58. The van der Waals surface area contributed by atoms with Gasteiger partial charge in [0.25, 0.3) is 0 Å². The molecule has 2 aromatic carbocycles. The number of benzene rings is 2. The predicted molar refractivity (Wildman–Crippen MR) is 114 cm³/mol. The number of methoxy groups -OCH3 is 2. The standard InChI is InChI=1S/C24H19ClN2O5/c1-31-22(29)17-19(14-6-4-3-5-7-14)24(12-26,13-27)20(15-8-10-16(25)11-9-15)18(21(17)28)23(30)32-2/h3-11,18-20,28H,1-2H3/t18-,19-,20+/m1/s1. The van der Waals surface area contributed by atoms with Gasteiger partial charge in [-0.15, -0.1) is 0 Å². The SMILES string of the molecule is COC(=O)C1=C(O)[C@H](C(=O)OC)[C@H](c2ccc(Cl)cc2)C(C#N)(C#N)[C@@H]1c1ccccc1. The van der Waals surface area contributed by atoms with Gasteiger partial charge in [0.1, 0.15) is 11.7 Å². The second-order valence-corrected chi connectivity index (χ2v) is 7.69. The summed E-state index contributed by atoms with van der Waals surface area (Å²) in [5, 5.41) is 32.4. The lowest BCUT2D eigenvalue weighted by Crippen LogP contribution is -2.47. The molecule has 32 heavy (non-hydrogen) atoms. The molecule has 0 saturated carbocycles. The van der Waals surface area contributed by atoms with Crippen LogP contribution in [-0.4, -0.2) is 31.3 Å². The fourth-order valence-corrected chi connectivity index (χ4v) is 4.47. The van der Waals surface area contributed by atoms with E-state index >= 15 is 0 Å². The quantitative estimate of drug-likeness (QED) is 0.698. The Balaban J connectivity index is 2.47. The van der Waals surface area contributed by atoms with E-state index in [1.165, 1.54) is 0 Å². The molecule has 0 unspecified atom stereocenters. The third-order valence-corrected chi connectivity index (χ3v) is 5.98. The maximum Gasteiger partial charge on any atom is 0.337 e. The van der Waals surface area contributed by atoms with Crippen molar-refractivity contribution in [2.75, 3.05) is 14.2 Å². The number of hydrogen-bond donors (Lipinski definition) is 1. The Bertz CT molecular complexity index is 1130. The van der Waals surface area contributed by atoms with Crippen molar-refractivity contribution in [1.29, 1.82) is 10.5 Å². The molecule has 3 rings (SSSR count). The van der Waals surface area contributed by atoms with E-state index in [1.54, 1.807) is 54.6 Å². The molecule has 0 spiro atoms. The van der Waals surface area contributed by atoms with Gasteiger partial charge in [0.15, 0.2) is 5.41 Å². The molecule has 0 bridgehead atoms. The highest BCUT2D eigenvalue weighted by atomic mass is 35.5.